The number of amides is 1. The van der Waals surface area contributed by atoms with Gasteiger partial charge in [-0.1, -0.05) is 56.2 Å². The van der Waals surface area contributed by atoms with Crippen molar-refractivity contribution < 1.29 is 9.42 Å². The lowest BCUT2D eigenvalue weighted by molar-refractivity contribution is 0.0944. The molecule has 0 radical (unpaired) electrons. The van der Waals surface area contributed by atoms with Gasteiger partial charge in [0.05, 0.1) is 10.7 Å². The van der Waals surface area contributed by atoms with E-state index in [9.17, 15) is 4.79 Å². The SMILES string of the molecule is Cc1nc2sc(C(=O)NC3C4(CCCCC4)C34CCCCC4)c(-c3ccc4nonc4c3)c2c(C)c1Cl. The molecule has 0 unspecified atom stereocenters. The quantitative estimate of drug-likeness (QED) is 0.290. The van der Waals surface area contributed by atoms with Gasteiger partial charge >= 0.3 is 0 Å². The van der Waals surface area contributed by atoms with Crippen LogP contribution in [0.1, 0.15) is 85.1 Å². The van der Waals surface area contributed by atoms with E-state index < -0.39 is 0 Å². The number of thiophene rings is 1. The van der Waals surface area contributed by atoms with Crippen LogP contribution in [0.3, 0.4) is 0 Å². The van der Waals surface area contributed by atoms with E-state index in [0.29, 0.717) is 20.9 Å². The molecule has 192 valence electrons. The number of nitrogens with one attached hydrogen (secondary N) is 1. The molecule has 8 heteroatoms. The number of rotatable bonds is 3. The van der Waals surface area contributed by atoms with E-state index in [1.807, 2.05) is 32.0 Å². The highest BCUT2D eigenvalue weighted by molar-refractivity contribution is 7.21. The minimum absolute atomic E-state index is 0.0157. The maximum absolute atomic E-state index is 14.2. The number of hydrogen-bond acceptors (Lipinski definition) is 6. The highest BCUT2D eigenvalue weighted by Crippen LogP contribution is 2.75. The Kier molecular flexibility index (Phi) is 5.42. The second-order valence-electron chi connectivity index (χ2n) is 11.4. The average Bonchev–Trinajstić information content (AvgIpc) is 3.33. The van der Waals surface area contributed by atoms with Gasteiger partial charge in [-0.25, -0.2) is 9.61 Å². The molecule has 6 nitrogen and oxygen atoms in total. The van der Waals surface area contributed by atoms with Crippen LogP contribution in [0.25, 0.3) is 32.4 Å². The number of aromatic nitrogens is 3. The number of carbonyl (C=O) groups excluding carboxylic acids is 1. The average molecular weight is 535 g/mol. The van der Waals surface area contributed by atoms with Crippen molar-refractivity contribution in [2.24, 2.45) is 10.8 Å². The lowest BCUT2D eigenvalue weighted by Gasteiger charge is -2.31. The molecule has 37 heavy (non-hydrogen) atoms. The molecule has 1 aromatic carbocycles. The van der Waals surface area contributed by atoms with Crippen molar-refractivity contribution in [3.63, 3.8) is 0 Å². The summed E-state index contributed by atoms with van der Waals surface area (Å²) in [6.07, 6.45) is 12.8. The van der Waals surface area contributed by atoms with Crippen molar-refractivity contribution in [2.75, 3.05) is 0 Å². The van der Waals surface area contributed by atoms with Crippen LogP contribution in [0.15, 0.2) is 22.8 Å². The van der Waals surface area contributed by atoms with Crippen LogP contribution in [0.2, 0.25) is 5.02 Å². The van der Waals surface area contributed by atoms with Crippen LogP contribution < -0.4 is 5.32 Å². The minimum Gasteiger partial charge on any atom is -0.347 e. The molecule has 7 rings (SSSR count). The molecule has 4 aromatic rings. The van der Waals surface area contributed by atoms with Gasteiger partial charge in [0.1, 0.15) is 20.7 Å². The number of benzene rings is 1. The van der Waals surface area contributed by atoms with Crippen molar-refractivity contribution in [3.8, 4) is 11.1 Å². The summed E-state index contributed by atoms with van der Waals surface area (Å²) >= 11 is 8.15. The van der Waals surface area contributed by atoms with Crippen molar-refractivity contribution >= 4 is 50.1 Å². The van der Waals surface area contributed by atoms with Crippen LogP contribution in [0, 0.1) is 24.7 Å². The molecular weight excluding hydrogens is 504 g/mol. The summed E-state index contributed by atoms with van der Waals surface area (Å²) < 4.78 is 4.94. The first kappa shape index (κ1) is 23.6. The number of halogens is 1. The van der Waals surface area contributed by atoms with Crippen molar-refractivity contribution in [1.29, 1.82) is 0 Å². The third kappa shape index (κ3) is 3.36. The molecule has 0 atom stereocenters. The Morgan fingerprint density at radius 3 is 2.32 bits per heavy atom. The number of aryl methyl sites for hydroxylation is 2. The molecule has 3 heterocycles. The monoisotopic (exact) mass is 534 g/mol. The number of pyridine rings is 1. The normalized spacial score (nSPS) is 20.7. The molecule has 3 aliphatic carbocycles. The Morgan fingerprint density at radius 2 is 1.65 bits per heavy atom. The Bertz CT molecular complexity index is 1520. The van der Waals surface area contributed by atoms with E-state index in [-0.39, 0.29) is 22.8 Å². The molecule has 3 fully saturated rings. The number of carbonyl (C=O) groups is 1. The molecule has 1 N–H and O–H groups in total. The van der Waals surface area contributed by atoms with Gasteiger partial charge in [-0.2, -0.15) is 0 Å². The van der Waals surface area contributed by atoms with Gasteiger partial charge in [-0.15, -0.1) is 11.3 Å². The van der Waals surface area contributed by atoms with E-state index in [0.717, 1.165) is 32.6 Å². The zero-order chi connectivity index (χ0) is 25.4. The molecule has 3 aliphatic rings. The summed E-state index contributed by atoms with van der Waals surface area (Å²) in [7, 11) is 0. The van der Waals surface area contributed by atoms with Crippen molar-refractivity contribution in [2.45, 2.75) is 84.1 Å². The van der Waals surface area contributed by atoms with Crippen LogP contribution >= 0.6 is 22.9 Å². The van der Waals surface area contributed by atoms with Crippen molar-refractivity contribution in [1.82, 2.24) is 20.6 Å². The minimum atomic E-state index is 0.0157. The largest absolute Gasteiger partial charge is 0.347 e. The molecule has 3 saturated carbocycles. The predicted octanol–water partition coefficient (Wildman–Crippen LogP) is 7.78. The van der Waals surface area contributed by atoms with E-state index in [1.165, 1.54) is 75.5 Å². The molecule has 3 aromatic heterocycles. The summed E-state index contributed by atoms with van der Waals surface area (Å²) in [6, 6.07) is 6.09. The third-order valence-corrected chi connectivity index (χ3v) is 11.3. The smallest absolute Gasteiger partial charge is 0.262 e. The zero-order valence-electron chi connectivity index (χ0n) is 21.3. The lowest BCUT2D eigenvalue weighted by Crippen LogP contribution is -2.31. The fourth-order valence-electron chi connectivity index (χ4n) is 7.95. The van der Waals surface area contributed by atoms with Gasteiger partial charge in [-0.3, -0.25) is 4.79 Å². The summed E-state index contributed by atoms with van der Waals surface area (Å²) in [5, 5.41) is 13.2. The topological polar surface area (TPSA) is 80.9 Å². The second-order valence-corrected chi connectivity index (χ2v) is 12.8. The molecule has 1 amide bonds. The third-order valence-electron chi connectivity index (χ3n) is 9.71. The molecule has 2 spiro atoms. The van der Waals surface area contributed by atoms with Gasteiger partial charge in [0.2, 0.25) is 0 Å². The molecule has 0 aliphatic heterocycles. The summed E-state index contributed by atoms with van der Waals surface area (Å²) in [6.45, 7) is 3.94. The van der Waals surface area contributed by atoms with Gasteiger partial charge < -0.3 is 5.32 Å². The highest BCUT2D eigenvalue weighted by atomic mass is 35.5. The predicted molar refractivity (Wildman–Crippen MR) is 147 cm³/mol. The highest BCUT2D eigenvalue weighted by Gasteiger charge is 2.75. The number of fused-ring (bicyclic) bond motifs is 3. The van der Waals surface area contributed by atoms with Crippen LogP contribution in [-0.4, -0.2) is 27.2 Å². The standard InChI is InChI=1S/C29H31ClN4O2S/c1-16-21-22(18-9-10-19-20(15-18)34-36-33-19)24(37-26(21)31-17(2)23(16)30)25(35)32-27-28(11-5-3-6-12-28)29(27)13-7-4-8-14-29/h9-10,15,27H,3-8,11-14H2,1-2H3,(H,32,35). The van der Waals surface area contributed by atoms with E-state index in [4.69, 9.17) is 21.2 Å². The van der Waals surface area contributed by atoms with Gasteiger partial charge in [0, 0.05) is 17.0 Å². The Morgan fingerprint density at radius 1 is 1.00 bits per heavy atom. The van der Waals surface area contributed by atoms with E-state index in [1.54, 1.807) is 0 Å². The van der Waals surface area contributed by atoms with Crippen molar-refractivity contribution in [3.05, 3.63) is 39.4 Å². The Hall–Kier alpha value is -2.51. The maximum Gasteiger partial charge on any atom is 0.262 e. The molecule has 0 bridgehead atoms. The Labute approximate surface area is 225 Å². The number of hydrogen-bond donors (Lipinski definition) is 1. The second kappa shape index (κ2) is 8.50. The van der Waals surface area contributed by atoms with Crippen LogP contribution in [0.5, 0.6) is 0 Å². The fourth-order valence-corrected chi connectivity index (χ4v) is 9.29. The van der Waals surface area contributed by atoms with Gasteiger partial charge in [0.15, 0.2) is 0 Å². The Balaban J connectivity index is 1.34. The number of nitrogens with zero attached hydrogens (tertiary/aromatic N) is 3. The summed E-state index contributed by atoms with van der Waals surface area (Å²) in [5.74, 6) is 0.0157. The van der Waals surface area contributed by atoms with Gasteiger partial charge in [-0.05, 0) is 83.9 Å². The van der Waals surface area contributed by atoms with E-state index in [2.05, 4.69) is 15.6 Å². The summed E-state index contributed by atoms with van der Waals surface area (Å²) in [4.78, 5) is 20.5. The molecular formula is C29H31ClN4O2S. The van der Waals surface area contributed by atoms with E-state index >= 15 is 0 Å². The van der Waals surface area contributed by atoms with Crippen LogP contribution in [0.4, 0.5) is 0 Å². The van der Waals surface area contributed by atoms with Crippen LogP contribution in [-0.2, 0) is 0 Å². The lowest BCUT2D eigenvalue weighted by atomic mass is 9.73. The maximum atomic E-state index is 14.2. The van der Waals surface area contributed by atoms with Gasteiger partial charge in [0.25, 0.3) is 5.91 Å². The summed E-state index contributed by atoms with van der Waals surface area (Å²) in [5.41, 5.74) is 5.45. The first-order valence-electron chi connectivity index (χ1n) is 13.6. The zero-order valence-corrected chi connectivity index (χ0v) is 22.9. The first-order chi connectivity index (χ1) is 17.9. The molecule has 0 saturated heterocycles. The fraction of sp³-hybridized carbons (Fsp3) is 0.517. The first-order valence-corrected chi connectivity index (χ1v) is 14.8.